The standard InChI is InChI=1S/C15H18N2O3/c1-10-8-11(16)4-5-13(10)20-9-12-15(19-3)14(18-2)6-7-17-12/h4-8H,9,16H2,1-3H3. The molecule has 5 heteroatoms. The number of hydrogen-bond acceptors (Lipinski definition) is 5. The molecule has 5 nitrogen and oxygen atoms in total. The fourth-order valence-electron chi connectivity index (χ4n) is 1.93. The van der Waals surface area contributed by atoms with Gasteiger partial charge in [0.2, 0.25) is 0 Å². The van der Waals surface area contributed by atoms with Crippen molar-refractivity contribution in [1.82, 2.24) is 4.98 Å². The van der Waals surface area contributed by atoms with Gasteiger partial charge in [0.05, 0.1) is 14.2 Å². The largest absolute Gasteiger partial charge is 0.493 e. The van der Waals surface area contributed by atoms with Crippen molar-refractivity contribution in [3.63, 3.8) is 0 Å². The van der Waals surface area contributed by atoms with E-state index in [4.69, 9.17) is 19.9 Å². The number of anilines is 1. The zero-order chi connectivity index (χ0) is 14.5. The van der Waals surface area contributed by atoms with E-state index in [1.54, 1.807) is 32.5 Å². The number of rotatable bonds is 5. The molecule has 1 aromatic heterocycles. The van der Waals surface area contributed by atoms with Crippen molar-refractivity contribution in [2.24, 2.45) is 0 Å². The quantitative estimate of drug-likeness (QED) is 0.849. The summed E-state index contributed by atoms with van der Waals surface area (Å²) in [5, 5.41) is 0. The first-order valence-electron chi connectivity index (χ1n) is 6.20. The molecule has 20 heavy (non-hydrogen) atoms. The molecule has 0 radical (unpaired) electrons. The van der Waals surface area contributed by atoms with Gasteiger partial charge in [0.1, 0.15) is 18.1 Å². The first-order valence-corrected chi connectivity index (χ1v) is 6.20. The van der Waals surface area contributed by atoms with Gasteiger partial charge in [0, 0.05) is 18.0 Å². The molecule has 0 atom stereocenters. The number of hydrogen-bond donors (Lipinski definition) is 1. The SMILES string of the molecule is COc1ccnc(COc2ccc(N)cc2C)c1OC. The maximum absolute atomic E-state index is 5.77. The molecule has 0 amide bonds. The number of nitrogens with zero attached hydrogens (tertiary/aromatic N) is 1. The summed E-state index contributed by atoms with van der Waals surface area (Å²) in [6, 6.07) is 7.26. The topological polar surface area (TPSA) is 66.6 Å². The van der Waals surface area contributed by atoms with E-state index in [0.29, 0.717) is 29.5 Å². The second-order valence-corrected chi connectivity index (χ2v) is 4.31. The molecule has 0 bridgehead atoms. The number of methoxy groups -OCH3 is 2. The highest BCUT2D eigenvalue weighted by Gasteiger charge is 2.12. The maximum Gasteiger partial charge on any atom is 0.185 e. The van der Waals surface area contributed by atoms with Crippen molar-refractivity contribution >= 4 is 5.69 Å². The van der Waals surface area contributed by atoms with Crippen LogP contribution in [0.1, 0.15) is 11.3 Å². The molecule has 0 aliphatic carbocycles. The first-order chi connectivity index (χ1) is 9.65. The van der Waals surface area contributed by atoms with Crippen LogP contribution in [0.25, 0.3) is 0 Å². The van der Waals surface area contributed by atoms with Gasteiger partial charge in [0.15, 0.2) is 11.5 Å². The van der Waals surface area contributed by atoms with Gasteiger partial charge in [-0.2, -0.15) is 0 Å². The van der Waals surface area contributed by atoms with E-state index < -0.39 is 0 Å². The smallest absolute Gasteiger partial charge is 0.185 e. The Bertz CT molecular complexity index is 600. The number of aromatic nitrogens is 1. The highest BCUT2D eigenvalue weighted by molar-refractivity contribution is 5.47. The molecule has 0 aliphatic rings. The molecule has 0 saturated heterocycles. The van der Waals surface area contributed by atoms with E-state index in [-0.39, 0.29) is 0 Å². The predicted octanol–water partition coefficient (Wildman–Crippen LogP) is 2.57. The van der Waals surface area contributed by atoms with Gasteiger partial charge < -0.3 is 19.9 Å². The first kappa shape index (κ1) is 14.0. The van der Waals surface area contributed by atoms with Gasteiger partial charge in [-0.15, -0.1) is 0 Å². The number of nitrogens with two attached hydrogens (primary N) is 1. The van der Waals surface area contributed by atoms with Crippen LogP contribution in [0.5, 0.6) is 17.2 Å². The Hall–Kier alpha value is -2.43. The van der Waals surface area contributed by atoms with Crippen LogP contribution >= 0.6 is 0 Å². The third-order valence-corrected chi connectivity index (χ3v) is 2.93. The Morgan fingerprint density at radius 2 is 1.90 bits per heavy atom. The molecule has 1 aromatic carbocycles. The number of benzene rings is 1. The van der Waals surface area contributed by atoms with Crippen LogP contribution in [0.2, 0.25) is 0 Å². The number of ether oxygens (including phenoxy) is 3. The van der Waals surface area contributed by atoms with Gasteiger partial charge in [-0.25, -0.2) is 0 Å². The minimum atomic E-state index is 0.297. The zero-order valence-corrected chi connectivity index (χ0v) is 11.8. The van der Waals surface area contributed by atoms with Crippen LogP contribution in [-0.2, 0) is 6.61 Å². The Labute approximate surface area is 118 Å². The third kappa shape index (κ3) is 2.93. The van der Waals surface area contributed by atoms with Crippen molar-refractivity contribution in [2.75, 3.05) is 20.0 Å². The summed E-state index contributed by atoms with van der Waals surface area (Å²) in [5.41, 5.74) is 8.09. The predicted molar refractivity (Wildman–Crippen MR) is 77.3 cm³/mol. The van der Waals surface area contributed by atoms with Crippen LogP contribution in [0.15, 0.2) is 30.5 Å². The molecule has 106 valence electrons. The summed E-state index contributed by atoms with van der Waals surface area (Å²) < 4.78 is 16.3. The van der Waals surface area contributed by atoms with Gasteiger partial charge in [-0.05, 0) is 30.7 Å². The molecule has 2 N–H and O–H groups in total. The second-order valence-electron chi connectivity index (χ2n) is 4.31. The summed E-state index contributed by atoms with van der Waals surface area (Å²) in [6.45, 7) is 2.24. The Morgan fingerprint density at radius 3 is 2.55 bits per heavy atom. The van der Waals surface area contributed by atoms with Crippen molar-refractivity contribution in [1.29, 1.82) is 0 Å². The number of nitrogen functional groups attached to an aromatic ring is 1. The van der Waals surface area contributed by atoms with Crippen LogP contribution < -0.4 is 19.9 Å². The number of pyridine rings is 1. The monoisotopic (exact) mass is 274 g/mol. The molecule has 0 saturated carbocycles. The normalized spacial score (nSPS) is 10.2. The molecule has 0 unspecified atom stereocenters. The maximum atomic E-state index is 5.77. The van der Waals surface area contributed by atoms with Crippen molar-refractivity contribution in [3.05, 3.63) is 41.7 Å². The summed E-state index contributed by atoms with van der Waals surface area (Å²) in [4.78, 5) is 4.27. The lowest BCUT2D eigenvalue weighted by molar-refractivity contribution is 0.283. The lowest BCUT2D eigenvalue weighted by atomic mass is 10.2. The Kier molecular flexibility index (Phi) is 4.30. The number of aryl methyl sites for hydroxylation is 1. The van der Waals surface area contributed by atoms with E-state index in [1.807, 2.05) is 19.1 Å². The summed E-state index contributed by atoms with van der Waals surface area (Å²) in [5.74, 6) is 1.99. The summed E-state index contributed by atoms with van der Waals surface area (Å²) >= 11 is 0. The van der Waals surface area contributed by atoms with Crippen molar-refractivity contribution in [3.8, 4) is 17.2 Å². The summed E-state index contributed by atoms with van der Waals surface area (Å²) in [6.07, 6.45) is 1.66. The van der Waals surface area contributed by atoms with Crippen molar-refractivity contribution in [2.45, 2.75) is 13.5 Å². The van der Waals surface area contributed by atoms with E-state index in [9.17, 15) is 0 Å². The average Bonchev–Trinajstić information content (AvgIpc) is 2.45. The van der Waals surface area contributed by atoms with Gasteiger partial charge in [-0.1, -0.05) is 0 Å². The van der Waals surface area contributed by atoms with Crippen LogP contribution in [-0.4, -0.2) is 19.2 Å². The van der Waals surface area contributed by atoms with E-state index in [0.717, 1.165) is 11.3 Å². The third-order valence-electron chi connectivity index (χ3n) is 2.93. The zero-order valence-electron chi connectivity index (χ0n) is 11.8. The summed E-state index contributed by atoms with van der Waals surface area (Å²) in [7, 11) is 3.17. The van der Waals surface area contributed by atoms with Gasteiger partial charge in [0.25, 0.3) is 0 Å². The Morgan fingerprint density at radius 1 is 1.10 bits per heavy atom. The van der Waals surface area contributed by atoms with Crippen molar-refractivity contribution < 1.29 is 14.2 Å². The lowest BCUT2D eigenvalue weighted by Crippen LogP contribution is -2.04. The average molecular weight is 274 g/mol. The van der Waals surface area contributed by atoms with Crippen LogP contribution in [0.3, 0.4) is 0 Å². The molecule has 2 rings (SSSR count). The molecule has 0 aliphatic heterocycles. The van der Waals surface area contributed by atoms with Gasteiger partial charge >= 0.3 is 0 Å². The van der Waals surface area contributed by atoms with E-state index in [1.165, 1.54) is 0 Å². The van der Waals surface area contributed by atoms with E-state index >= 15 is 0 Å². The highest BCUT2D eigenvalue weighted by Crippen LogP contribution is 2.30. The molecule has 1 heterocycles. The highest BCUT2D eigenvalue weighted by atomic mass is 16.5. The lowest BCUT2D eigenvalue weighted by Gasteiger charge is -2.13. The van der Waals surface area contributed by atoms with Gasteiger partial charge in [-0.3, -0.25) is 4.98 Å². The molecule has 0 spiro atoms. The molecule has 0 fully saturated rings. The molecular formula is C15H18N2O3. The van der Waals surface area contributed by atoms with Crippen LogP contribution in [0.4, 0.5) is 5.69 Å². The Balaban J connectivity index is 2.18. The van der Waals surface area contributed by atoms with E-state index in [2.05, 4.69) is 4.98 Å². The molecule has 2 aromatic rings. The minimum Gasteiger partial charge on any atom is -0.493 e. The fourth-order valence-corrected chi connectivity index (χ4v) is 1.93. The second kappa shape index (κ2) is 6.14. The van der Waals surface area contributed by atoms with Crippen LogP contribution in [0, 0.1) is 6.92 Å². The molecular weight excluding hydrogens is 256 g/mol. The minimum absolute atomic E-state index is 0.297. The fraction of sp³-hybridized carbons (Fsp3) is 0.267.